The van der Waals surface area contributed by atoms with Crippen LogP contribution in [0.1, 0.15) is 30.4 Å². The first-order chi connectivity index (χ1) is 10.2. The van der Waals surface area contributed by atoms with Gasteiger partial charge in [0.2, 0.25) is 5.91 Å². The summed E-state index contributed by atoms with van der Waals surface area (Å²) in [6.45, 7) is 0. The van der Waals surface area contributed by atoms with E-state index >= 15 is 0 Å². The summed E-state index contributed by atoms with van der Waals surface area (Å²) < 4.78 is 1.08. The van der Waals surface area contributed by atoms with E-state index < -0.39 is 0 Å². The number of benzene rings is 1. The van der Waals surface area contributed by atoms with Gasteiger partial charge in [-0.25, -0.2) is 0 Å². The molecule has 0 saturated carbocycles. The number of hydrogen-bond acceptors (Lipinski definition) is 3. The number of anilines is 1. The number of carbonyl (C=O) groups is 1. The molecule has 0 aliphatic heterocycles. The number of halogens is 1. The fourth-order valence-corrected chi connectivity index (χ4v) is 2.97. The Morgan fingerprint density at radius 3 is 2.71 bits per heavy atom. The van der Waals surface area contributed by atoms with Gasteiger partial charge in [-0.05, 0) is 48.4 Å². The molecule has 2 aromatic rings. The van der Waals surface area contributed by atoms with Crippen LogP contribution in [0.4, 0.5) is 5.00 Å². The summed E-state index contributed by atoms with van der Waals surface area (Å²) in [6.07, 6.45) is 3.28. The van der Waals surface area contributed by atoms with Crippen molar-refractivity contribution in [2.75, 3.05) is 5.32 Å². The van der Waals surface area contributed by atoms with Gasteiger partial charge in [0.25, 0.3) is 0 Å². The van der Waals surface area contributed by atoms with Gasteiger partial charge in [0.1, 0.15) is 11.1 Å². The Hall–Kier alpha value is -1.64. The minimum Gasteiger partial charge on any atom is -0.317 e. The fourth-order valence-electron chi connectivity index (χ4n) is 1.95. The summed E-state index contributed by atoms with van der Waals surface area (Å²) in [6, 6.07) is 12.0. The number of aryl methyl sites for hydroxylation is 1. The number of amides is 1. The molecule has 0 saturated heterocycles. The molecule has 1 N–H and O–H groups in total. The highest BCUT2D eigenvalue weighted by atomic mass is 79.9. The number of unbranched alkanes of at least 4 members (excludes halogenated alkanes) is 1. The SMILES string of the molecule is N#Cc1ccsc1NC(=O)CCCCc1ccc(Br)cc1. The predicted octanol–water partition coefficient (Wildman–Crippen LogP) is 4.73. The normalized spacial score (nSPS) is 10.1. The molecule has 2 rings (SSSR count). The van der Waals surface area contributed by atoms with Gasteiger partial charge < -0.3 is 5.32 Å². The topological polar surface area (TPSA) is 52.9 Å². The van der Waals surface area contributed by atoms with Crippen LogP contribution in [0.25, 0.3) is 0 Å². The van der Waals surface area contributed by atoms with Crippen molar-refractivity contribution in [3.05, 3.63) is 51.3 Å². The average molecular weight is 363 g/mol. The van der Waals surface area contributed by atoms with Gasteiger partial charge in [0.15, 0.2) is 0 Å². The second kappa shape index (κ2) is 7.96. The Labute approximate surface area is 136 Å². The fraction of sp³-hybridized carbons (Fsp3) is 0.250. The van der Waals surface area contributed by atoms with Gasteiger partial charge in [-0.1, -0.05) is 28.1 Å². The van der Waals surface area contributed by atoms with Crippen LogP contribution in [0.15, 0.2) is 40.2 Å². The molecule has 108 valence electrons. The molecule has 5 heteroatoms. The third-order valence-corrected chi connectivity index (χ3v) is 4.43. The van der Waals surface area contributed by atoms with E-state index in [1.807, 2.05) is 17.5 Å². The van der Waals surface area contributed by atoms with Gasteiger partial charge in [0.05, 0.1) is 5.56 Å². The molecule has 0 fully saturated rings. The van der Waals surface area contributed by atoms with Crippen molar-refractivity contribution in [3.8, 4) is 6.07 Å². The van der Waals surface area contributed by atoms with E-state index in [4.69, 9.17) is 5.26 Å². The smallest absolute Gasteiger partial charge is 0.225 e. The van der Waals surface area contributed by atoms with Crippen molar-refractivity contribution < 1.29 is 4.79 Å². The van der Waals surface area contributed by atoms with E-state index in [0.717, 1.165) is 23.7 Å². The largest absolute Gasteiger partial charge is 0.317 e. The number of nitrogens with zero attached hydrogens (tertiary/aromatic N) is 1. The van der Waals surface area contributed by atoms with E-state index in [1.165, 1.54) is 16.9 Å². The highest BCUT2D eigenvalue weighted by Gasteiger charge is 2.07. The van der Waals surface area contributed by atoms with Crippen molar-refractivity contribution in [3.63, 3.8) is 0 Å². The van der Waals surface area contributed by atoms with Gasteiger partial charge >= 0.3 is 0 Å². The van der Waals surface area contributed by atoms with E-state index in [0.29, 0.717) is 17.0 Å². The molecule has 1 aromatic heterocycles. The molecule has 0 unspecified atom stereocenters. The van der Waals surface area contributed by atoms with Gasteiger partial charge in [-0.2, -0.15) is 5.26 Å². The Bertz CT molecular complexity index is 643. The number of thiophene rings is 1. The van der Waals surface area contributed by atoms with Crippen molar-refractivity contribution in [2.24, 2.45) is 0 Å². The zero-order valence-corrected chi connectivity index (χ0v) is 13.8. The summed E-state index contributed by atoms with van der Waals surface area (Å²) in [5.74, 6) is -0.0234. The Morgan fingerprint density at radius 2 is 2.00 bits per heavy atom. The summed E-state index contributed by atoms with van der Waals surface area (Å²) in [5.41, 5.74) is 1.81. The summed E-state index contributed by atoms with van der Waals surface area (Å²) in [7, 11) is 0. The molecule has 0 aliphatic rings. The molecule has 0 aliphatic carbocycles. The van der Waals surface area contributed by atoms with Crippen molar-refractivity contribution in [2.45, 2.75) is 25.7 Å². The molecular formula is C16H15BrN2OS. The highest BCUT2D eigenvalue weighted by Crippen LogP contribution is 2.22. The average Bonchev–Trinajstić information content (AvgIpc) is 2.92. The number of carbonyl (C=O) groups excluding carboxylic acids is 1. The summed E-state index contributed by atoms with van der Waals surface area (Å²) in [4.78, 5) is 11.8. The Balaban J connectivity index is 1.70. The molecule has 0 spiro atoms. The highest BCUT2D eigenvalue weighted by molar-refractivity contribution is 9.10. The maximum atomic E-state index is 11.8. The van der Waals surface area contributed by atoms with Crippen LogP contribution in [0, 0.1) is 11.3 Å². The Kier molecular flexibility index (Phi) is 5.97. The maximum absolute atomic E-state index is 11.8. The van der Waals surface area contributed by atoms with Crippen molar-refractivity contribution >= 4 is 38.2 Å². The van der Waals surface area contributed by atoms with E-state index in [2.05, 4.69) is 39.4 Å². The molecule has 0 radical (unpaired) electrons. The predicted molar refractivity (Wildman–Crippen MR) is 89.4 cm³/mol. The third kappa shape index (κ3) is 5.00. The number of nitriles is 1. The molecule has 3 nitrogen and oxygen atoms in total. The van der Waals surface area contributed by atoms with Gasteiger partial charge in [-0.3, -0.25) is 4.79 Å². The van der Waals surface area contributed by atoms with Gasteiger partial charge in [-0.15, -0.1) is 11.3 Å². The minimum atomic E-state index is -0.0234. The molecule has 0 atom stereocenters. The minimum absolute atomic E-state index is 0.0234. The lowest BCUT2D eigenvalue weighted by Crippen LogP contribution is -2.10. The zero-order valence-electron chi connectivity index (χ0n) is 11.4. The van der Waals surface area contributed by atoms with Gasteiger partial charge in [0, 0.05) is 10.9 Å². The Morgan fingerprint density at radius 1 is 1.24 bits per heavy atom. The lowest BCUT2D eigenvalue weighted by molar-refractivity contribution is -0.116. The molecule has 0 bridgehead atoms. The van der Waals surface area contributed by atoms with Crippen LogP contribution in [-0.4, -0.2) is 5.91 Å². The number of nitrogens with one attached hydrogen (secondary N) is 1. The molecule has 1 amide bonds. The maximum Gasteiger partial charge on any atom is 0.225 e. The van der Waals surface area contributed by atoms with Crippen LogP contribution >= 0.6 is 27.3 Å². The molecular weight excluding hydrogens is 348 g/mol. The first kappa shape index (κ1) is 15.7. The molecule has 21 heavy (non-hydrogen) atoms. The second-order valence-corrected chi connectivity index (χ2v) is 6.49. The van der Waals surface area contributed by atoms with Crippen LogP contribution in [0.5, 0.6) is 0 Å². The number of rotatable bonds is 6. The van der Waals surface area contributed by atoms with Crippen molar-refractivity contribution in [1.29, 1.82) is 5.26 Å². The number of hydrogen-bond donors (Lipinski definition) is 1. The lowest BCUT2D eigenvalue weighted by atomic mass is 10.1. The second-order valence-electron chi connectivity index (χ2n) is 4.66. The first-order valence-electron chi connectivity index (χ1n) is 6.71. The zero-order chi connectivity index (χ0) is 15.1. The van der Waals surface area contributed by atoms with Crippen LogP contribution in [0.3, 0.4) is 0 Å². The first-order valence-corrected chi connectivity index (χ1v) is 8.38. The van der Waals surface area contributed by atoms with Crippen LogP contribution < -0.4 is 5.32 Å². The van der Waals surface area contributed by atoms with E-state index in [-0.39, 0.29) is 5.91 Å². The summed E-state index contributed by atoms with van der Waals surface area (Å²) >= 11 is 4.79. The molecule has 1 heterocycles. The van der Waals surface area contributed by atoms with Crippen LogP contribution in [-0.2, 0) is 11.2 Å². The van der Waals surface area contributed by atoms with E-state index in [1.54, 1.807) is 6.07 Å². The van der Waals surface area contributed by atoms with Crippen LogP contribution in [0.2, 0.25) is 0 Å². The third-order valence-electron chi connectivity index (χ3n) is 3.07. The molecule has 1 aromatic carbocycles. The van der Waals surface area contributed by atoms with Crippen molar-refractivity contribution in [1.82, 2.24) is 0 Å². The lowest BCUT2D eigenvalue weighted by Gasteiger charge is -2.04. The quantitative estimate of drug-likeness (QED) is 0.754. The van der Waals surface area contributed by atoms with E-state index in [9.17, 15) is 4.79 Å². The summed E-state index contributed by atoms with van der Waals surface area (Å²) in [5, 5.41) is 14.1. The monoisotopic (exact) mass is 362 g/mol. The standard InChI is InChI=1S/C16H15BrN2OS/c17-14-7-5-12(6-8-14)3-1-2-4-15(20)19-16-13(11-18)9-10-21-16/h5-10H,1-4H2,(H,19,20).